The highest BCUT2D eigenvalue weighted by atomic mass is 79.9. The zero-order chi connectivity index (χ0) is 13.7. The number of carbonyl (C=O) groups excluding carboxylic acids is 1. The van der Waals surface area contributed by atoms with Gasteiger partial charge < -0.3 is 10.3 Å². The molecule has 0 unspecified atom stereocenters. The number of para-hydroxylation sites is 1. The van der Waals surface area contributed by atoms with E-state index in [9.17, 15) is 4.79 Å². The Kier molecular flexibility index (Phi) is 4.87. The molecule has 3 nitrogen and oxygen atoms in total. The predicted molar refractivity (Wildman–Crippen MR) is 83.8 cm³/mol. The first-order valence-corrected chi connectivity index (χ1v) is 7.46. The standard InChI is InChI=1S/C14H13BrN2OS/c1-2-7-19-13-6-4-3-5-11(13)17-14(18)12-8-10(15)9-16-12/h2-6,8-9,16H,1,7H2,(H,17,18). The van der Waals surface area contributed by atoms with Gasteiger partial charge in [0.25, 0.3) is 5.91 Å². The second-order valence-corrected chi connectivity index (χ2v) is 5.76. The fraction of sp³-hybridized carbons (Fsp3) is 0.0714. The number of nitrogens with one attached hydrogen (secondary N) is 2. The Morgan fingerprint density at radius 1 is 1.47 bits per heavy atom. The maximum Gasteiger partial charge on any atom is 0.272 e. The minimum atomic E-state index is -0.155. The summed E-state index contributed by atoms with van der Waals surface area (Å²) in [6, 6.07) is 9.47. The lowest BCUT2D eigenvalue weighted by Crippen LogP contribution is -2.12. The minimum Gasteiger partial charge on any atom is -0.356 e. The lowest BCUT2D eigenvalue weighted by atomic mass is 10.3. The Morgan fingerprint density at radius 3 is 2.95 bits per heavy atom. The lowest BCUT2D eigenvalue weighted by molar-refractivity contribution is 0.102. The third-order valence-electron chi connectivity index (χ3n) is 2.38. The number of anilines is 1. The maximum atomic E-state index is 12.1. The Bertz CT molecular complexity index is 595. The Balaban J connectivity index is 2.14. The third-order valence-corrected chi connectivity index (χ3v) is 3.91. The van der Waals surface area contributed by atoms with Crippen LogP contribution in [0.5, 0.6) is 0 Å². The molecule has 1 heterocycles. The number of halogens is 1. The van der Waals surface area contributed by atoms with Crippen molar-refractivity contribution in [2.24, 2.45) is 0 Å². The van der Waals surface area contributed by atoms with Crippen LogP contribution >= 0.6 is 27.7 Å². The molecule has 0 radical (unpaired) electrons. The molecule has 0 bridgehead atoms. The van der Waals surface area contributed by atoms with Gasteiger partial charge >= 0.3 is 0 Å². The van der Waals surface area contributed by atoms with Gasteiger partial charge in [0, 0.05) is 21.3 Å². The Morgan fingerprint density at radius 2 is 2.26 bits per heavy atom. The number of amides is 1. The first-order chi connectivity index (χ1) is 9.20. The average molecular weight is 337 g/mol. The van der Waals surface area contributed by atoms with Crippen LogP contribution in [0.3, 0.4) is 0 Å². The van der Waals surface area contributed by atoms with Crippen LogP contribution in [-0.4, -0.2) is 16.6 Å². The third kappa shape index (κ3) is 3.75. The largest absolute Gasteiger partial charge is 0.356 e. The molecule has 0 saturated heterocycles. The Labute approximate surface area is 124 Å². The van der Waals surface area contributed by atoms with Gasteiger partial charge in [-0.2, -0.15) is 0 Å². The number of benzene rings is 1. The van der Waals surface area contributed by atoms with Crippen molar-refractivity contribution in [1.29, 1.82) is 0 Å². The lowest BCUT2D eigenvalue weighted by Gasteiger charge is -2.09. The van der Waals surface area contributed by atoms with E-state index in [-0.39, 0.29) is 5.91 Å². The summed E-state index contributed by atoms with van der Waals surface area (Å²) in [7, 11) is 0. The molecule has 1 aromatic carbocycles. The molecule has 1 aromatic heterocycles. The highest BCUT2D eigenvalue weighted by molar-refractivity contribution is 9.10. The summed E-state index contributed by atoms with van der Waals surface area (Å²) >= 11 is 4.95. The zero-order valence-corrected chi connectivity index (χ0v) is 12.6. The summed E-state index contributed by atoms with van der Waals surface area (Å²) in [4.78, 5) is 16.0. The van der Waals surface area contributed by atoms with Crippen molar-refractivity contribution in [3.63, 3.8) is 0 Å². The van der Waals surface area contributed by atoms with Crippen LogP contribution in [0.2, 0.25) is 0 Å². The van der Waals surface area contributed by atoms with Crippen molar-refractivity contribution in [1.82, 2.24) is 4.98 Å². The van der Waals surface area contributed by atoms with Crippen LogP contribution in [-0.2, 0) is 0 Å². The molecule has 5 heteroatoms. The normalized spacial score (nSPS) is 10.2. The number of aromatic amines is 1. The van der Waals surface area contributed by atoms with E-state index in [0.717, 1.165) is 20.8 Å². The van der Waals surface area contributed by atoms with E-state index in [0.29, 0.717) is 5.69 Å². The van der Waals surface area contributed by atoms with Crippen LogP contribution in [0.15, 0.2) is 58.6 Å². The number of rotatable bonds is 5. The van der Waals surface area contributed by atoms with Crippen LogP contribution < -0.4 is 5.32 Å². The fourth-order valence-corrected chi connectivity index (χ4v) is 2.62. The summed E-state index contributed by atoms with van der Waals surface area (Å²) in [6.07, 6.45) is 3.57. The summed E-state index contributed by atoms with van der Waals surface area (Å²) < 4.78 is 0.854. The number of H-pyrrole nitrogens is 1. The summed E-state index contributed by atoms with van der Waals surface area (Å²) in [5, 5.41) is 2.90. The quantitative estimate of drug-likeness (QED) is 0.631. The predicted octanol–water partition coefficient (Wildman–Crippen LogP) is 4.31. The van der Waals surface area contributed by atoms with Gasteiger partial charge in [-0.3, -0.25) is 4.79 Å². The van der Waals surface area contributed by atoms with Gasteiger partial charge in [-0.25, -0.2) is 0 Å². The average Bonchev–Trinajstić information content (AvgIpc) is 2.84. The molecule has 2 N–H and O–H groups in total. The van der Waals surface area contributed by atoms with Gasteiger partial charge in [-0.15, -0.1) is 18.3 Å². The van der Waals surface area contributed by atoms with Crippen molar-refractivity contribution in [2.75, 3.05) is 11.1 Å². The number of thioether (sulfide) groups is 1. The topological polar surface area (TPSA) is 44.9 Å². The molecular weight excluding hydrogens is 324 g/mol. The first kappa shape index (κ1) is 14.0. The molecule has 1 amide bonds. The molecule has 2 aromatic rings. The maximum absolute atomic E-state index is 12.1. The fourth-order valence-electron chi connectivity index (χ4n) is 1.53. The first-order valence-electron chi connectivity index (χ1n) is 5.68. The molecule has 0 saturated carbocycles. The molecule has 0 spiro atoms. The number of hydrogen-bond acceptors (Lipinski definition) is 2. The molecule has 2 rings (SSSR count). The SMILES string of the molecule is C=CCSc1ccccc1NC(=O)c1cc(Br)c[nH]1. The zero-order valence-electron chi connectivity index (χ0n) is 10.2. The van der Waals surface area contributed by atoms with Gasteiger partial charge in [-0.05, 0) is 34.1 Å². The van der Waals surface area contributed by atoms with Gasteiger partial charge in [0.15, 0.2) is 0 Å². The van der Waals surface area contributed by atoms with Gasteiger partial charge in [-0.1, -0.05) is 18.2 Å². The van der Waals surface area contributed by atoms with Crippen molar-refractivity contribution < 1.29 is 4.79 Å². The van der Waals surface area contributed by atoms with E-state index in [1.165, 1.54) is 0 Å². The summed E-state index contributed by atoms with van der Waals surface area (Å²) in [5.41, 5.74) is 1.33. The van der Waals surface area contributed by atoms with Gasteiger partial charge in [0.05, 0.1) is 5.69 Å². The number of aromatic nitrogens is 1. The van der Waals surface area contributed by atoms with Crippen LogP contribution in [0.4, 0.5) is 5.69 Å². The number of hydrogen-bond donors (Lipinski definition) is 2. The highest BCUT2D eigenvalue weighted by Crippen LogP contribution is 2.27. The summed E-state index contributed by atoms with van der Waals surface area (Å²) in [5.74, 6) is 0.651. The van der Waals surface area contributed by atoms with E-state index in [1.54, 1.807) is 24.0 Å². The molecule has 0 aliphatic rings. The van der Waals surface area contributed by atoms with Crippen LogP contribution in [0, 0.1) is 0 Å². The smallest absolute Gasteiger partial charge is 0.272 e. The van der Waals surface area contributed by atoms with E-state index < -0.39 is 0 Å². The molecule has 0 atom stereocenters. The molecule has 0 fully saturated rings. The minimum absolute atomic E-state index is 0.155. The molecule has 0 aliphatic carbocycles. The van der Waals surface area contributed by atoms with Crippen molar-refractivity contribution in [3.8, 4) is 0 Å². The van der Waals surface area contributed by atoms with E-state index in [4.69, 9.17) is 0 Å². The van der Waals surface area contributed by atoms with Crippen molar-refractivity contribution in [3.05, 3.63) is 59.4 Å². The van der Waals surface area contributed by atoms with Crippen LogP contribution in [0.1, 0.15) is 10.5 Å². The van der Waals surface area contributed by atoms with Gasteiger partial charge in [0.1, 0.15) is 5.69 Å². The Hall–Kier alpha value is -1.46. The van der Waals surface area contributed by atoms with Crippen molar-refractivity contribution >= 4 is 39.3 Å². The second kappa shape index (κ2) is 6.63. The van der Waals surface area contributed by atoms with Crippen molar-refractivity contribution in [2.45, 2.75) is 4.90 Å². The van der Waals surface area contributed by atoms with E-state index in [1.807, 2.05) is 30.3 Å². The van der Waals surface area contributed by atoms with E-state index in [2.05, 4.69) is 32.8 Å². The van der Waals surface area contributed by atoms with Crippen LogP contribution in [0.25, 0.3) is 0 Å². The monoisotopic (exact) mass is 336 g/mol. The second-order valence-electron chi connectivity index (χ2n) is 3.78. The summed E-state index contributed by atoms with van der Waals surface area (Å²) in [6.45, 7) is 3.70. The molecule has 98 valence electrons. The molecular formula is C14H13BrN2OS. The highest BCUT2D eigenvalue weighted by Gasteiger charge is 2.10. The van der Waals surface area contributed by atoms with Gasteiger partial charge in [0.2, 0.25) is 0 Å². The number of carbonyl (C=O) groups is 1. The molecule has 0 aliphatic heterocycles. The molecule has 19 heavy (non-hydrogen) atoms. The van der Waals surface area contributed by atoms with E-state index >= 15 is 0 Å².